The number of carbonyl (C=O) groups excluding carboxylic acids is 2. The molecular formula is C20H23NO3. The largest absolute Gasteiger partial charge is 0.452 e. The summed E-state index contributed by atoms with van der Waals surface area (Å²) in [4.78, 5) is 24.0. The average Bonchev–Trinajstić information content (AvgIpc) is 2.60. The molecule has 0 saturated heterocycles. The molecule has 0 radical (unpaired) electrons. The van der Waals surface area contributed by atoms with Crippen LogP contribution in [-0.2, 0) is 9.53 Å². The van der Waals surface area contributed by atoms with Gasteiger partial charge in [-0.05, 0) is 37.0 Å². The summed E-state index contributed by atoms with van der Waals surface area (Å²) in [7, 11) is 0. The molecule has 0 bridgehead atoms. The molecule has 4 nitrogen and oxygen atoms in total. The van der Waals surface area contributed by atoms with Gasteiger partial charge in [0.1, 0.15) is 0 Å². The average molecular weight is 325 g/mol. The summed E-state index contributed by atoms with van der Waals surface area (Å²) in [5.41, 5.74) is 3.48. The first-order valence-corrected chi connectivity index (χ1v) is 8.03. The summed E-state index contributed by atoms with van der Waals surface area (Å²) >= 11 is 0. The first kappa shape index (κ1) is 17.7. The lowest BCUT2D eigenvalue weighted by Crippen LogP contribution is -2.31. The Bertz CT molecular complexity index is 710. The van der Waals surface area contributed by atoms with Crippen LogP contribution in [0.2, 0.25) is 0 Å². The Morgan fingerprint density at radius 2 is 1.79 bits per heavy atom. The van der Waals surface area contributed by atoms with Crippen molar-refractivity contribution in [3.8, 4) is 0 Å². The number of ether oxygens (including phenoxy) is 1. The van der Waals surface area contributed by atoms with Crippen LogP contribution in [0.15, 0.2) is 48.5 Å². The summed E-state index contributed by atoms with van der Waals surface area (Å²) in [5, 5.41) is 2.80. The standard InChI is InChI=1S/C20H23NO3/c1-14-9-10-15(2)18(11-14)20(23)24-13-19(22)21-12-16(3)17-7-5-4-6-8-17/h4-11,16H,12-13H2,1-3H3,(H,21,22). The third-order valence-corrected chi connectivity index (χ3v) is 3.92. The molecule has 0 aliphatic heterocycles. The summed E-state index contributed by atoms with van der Waals surface area (Å²) < 4.78 is 5.11. The van der Waals surface area contributed by atoms with Crippen LogP contribution in [0, 0.1) is 13.8 Å². The normalized spacial score (nSPS) is 11.6. The van der Waals surface area contributed by atoms with Gasteiger partial charge in [-0.15, -0.1) is 0 Å². The topological polar surface area (TPSA) is 55.4 Å². The van der Waals surface area contributed by atoms with Gasteiger partial charge in [0.05, 0.1) is 5.56 Å². The van der Waals surface area contributed by atoms with Crippen molar-refractivity contribution in [2.24, 2.45) is 0 Å². The van der Waals surface area contributed by atoms with Crippen molar-refractivity contribution in [2.75, 3.05) is 13.2 Å². The smallest absolute Gasteiger partial charge is 0.338 e. The summed E-state index contributed by atoms with van der Waals surface area (Å²) in [6, 6.07) is 15.5. The van der Waals surface area contributed by atoms with Crippen LogP contribution in [0.1, 0.15) is 39.9 Å². The number of aryl methyl sites for hydroxylation is 2. The second-order valence-electron chi connectivity index (χ2n) is 6.01. The summed E-state index contributed by atoms with van der Waals surface area (Å²) in [5.74, 6) is -0.566. The fraction of sp³-hybridized carbons (Fsp3) is 0.300. The molecule has 24 heavy (non-hydrogen) atoms. The molecule has 1 amide bonds. The number of benzene rings is 2. The number of esters is 1. The van der Waals surface area contributed by atoms with E-state index in [-0.39, 0.29) is 18.4 Å². The van der Waals surface area contributed by atoms with Crippen molar-refractivity contribution in [1.82, 2.24) is 5.32 Å². The minimum Gasteiger partial charge on any atom is -0.452 e. The van der Waals surface area contributed by atoms with Crippen LogP contribution >= 0.6 is 0 Å². The van der Waals surface area contributed by atoms with E-state index in [9.17, 15) is 9.59 Å². The Morgan fingerprint density at radius 1 is 1.08 bits per heavy atom. The highest BCUT2D eigenvalue weighted by Crippen LogP contribution is 2.13. The molecule has 4 heteroatoms. The van der Waals surface area contributed by atoms with E-state index in [2.05, 4.69) is 5.32 Å². The van der Waals surface area contributed by atoms with Gasteiger partial charge >= 0.3 is 5.97 Å². The van der Waals surface area contributed by atoms with E-state index >= 15 is 0 Å². The first-order valence-electron chi connectivity index (χ1n) is 8.03. The van der Waals surface area contributed by atoms with Gasteiger partial charge in [0, 0.05) is 6.54 Å². The summed E-state index contributed by atoms with van der Waals surface area (Å²) in [6.45, 7) is 6.03. The van der Waals surface area contributed by atoms with E-state index in [1.165, 1.54) is 0 Å². The zero-order valence-electron chi connectivity index (χ0n) is 14.3. The number of carbonyl (C=O) groups is 2. The molecule has 0 aliphatic carbocycles. The van der Waals surface area contributed by atoms with E-state index in [0.29, 0.717) is 12.1 Å². The molecule has 2 rings (SSSR count). The molecule has 1 N–H and O–H groups in total. The van der Waals surface area contributed by atoms with Crippen LogP contribution in [-0.4, -0.2) is 25.0 Å². The van der Waals surface area contributed by atoms with Gasteiger partial charge in [0.15, 0.2) is 6.61 Å². The van der Waals surface area contributed by atoms with E-state index in [1.807, 2.05) is 63.2 Å². The number of nitrogens with one attached hydrogen (secondary N) is 1. The van der Waals surface area contributed by atoms with Gasteiger partial charge in [-0.3, -0.25) is 4.79 Å². The maximum absolute atomic E-state index is 12.1. The molecule has 1 unspecified atom stereocenters. The SMILES string of the molecule is Cc1ccc(C)c(C(=O)OCC(=O)NCC(C)c2ccccc2)c1. The van der Waals surface area contributed by atoms with E-state index in [4.69, 9.17) is 4.74 Å². The van der Waals surface area contributed by atoms with Crippen molar-refractivity contribution in [3.05, 3.63) is 70.8 Å². The van der Waals surface area contributed by atoms with Gasteiger partial charge in [-0.2, -0.15) is 0 Å². The maximum atomic E-state index is 12.1. The van der Waals surface area contributed by atoms with Gasteiger partial charge in [0.2, 0.25) is 0 Å². The minimum absolute atomic E-state index is 0.199. The van der Waals surface area contributed by atoms with Crippen molar-refractivity contribution in [3.63, 3.8) is 0 Å². The van der Waals surface area contributed by atoms with Crippen LogP contribution in [0.25, 0.3) is 0 Å². The highest BCUT2D eigenvalue weighted by molar-refractivity contribution is 5.92. The van der Waals surface area contributed by atoms with Crippen molar-refractivity contribution in [2.45, 2.75) is 26.7 Å². The predicted octanol–water partition coefficient (Wildman–Crippen LogP) is 3.38. The van der Waals surface area contributed by atoms with Gasteiger partial charge in [-0.1, -0.05) is 55.0 Å². The minimum atomic E-state index is -0.470. The lowest BCUT2D eigenvalue weighted by molar-refractivity contribution is -0.124. The zero-order valence-corrected chi connectivity index (χ0v) is 14.3. The lowest BCUT2D eigenvalue weighted by atomic mass is 10.0. The third kappa shape index (κ3) is 4.95. The van der Waals surface area contributed by atoms with E-state index in [1.54, 1.807) is 6.07 Å². The number of hydrogen-bond donors (Lipinski definition) is 1. The maximum Gasteiger partial charge on any atom is 0.338 e. The fourth-order valence-electron chi connectivity index (χ4n) is 2.38. The second-order valence-corrected chi connectivity index (χ2v) is 6.01. The molecule has 0 saturated carbocycles. The van der Waals surface area contributed by atoms with E-state index in [0.717, 1.165) is 16.7 Å². The molecule has 0 spiro atoms. The van der Waals surface area contributed by atoms with Crippen molar-refractivity contribution in [1.29, 1.82) is 0 Å². The quantitative estimate of drug-likeness (QED) is 0.828. The van der Waals surface area contributed by atoms with Crippen LogP contribution in [0.4, 0.5) is 0 Å². The zero-order chi connectivity index (χ0) is 17.5. The number of amides is 1. The molecule has 1 atom stereocenters. The second kappa shape index (κ2) is 8.29. The van der Waals surface area contributed by atoms with Crippen LogP contribution in [0.3, 0.4) is 0 Å². The van der Waals surface area contributed by atoms with Crippen molar-refractivity contribution < 1.29 is 14.3 Å². The molecule has 0 heterocycles. The van der Waals surface area contributed by atoms with E-state index < -0.39 is 5.97 Å². The Kier molecular flexibility index (Phi) is 6.13. The highest BCUT2D eigenvalue weighted by atomic mass is 16.5. The Morgan fingerprint density at radius 3 is 2.50 bits per heavy atom. The van der Waals surface area contributed by atoms with Crippen LogP contribution < -0.4 is 5.32 Å². The van der Waals surface area contributed by atoms with Gasteiger partial charge < -0.3 is 10.1 Å². The molecular weight excluding hydrogens is 302 g/mol. The molecule has 0 aromatic heterocycles. The Balaban J connectivity index is 1.81. The number of rotatable bonds is 6. The molecule has 126 valence electrons. The van der Waals surface area contributed by atoms with Crippen LogP contribution in [0.5, 0.6) is 0 Å². The van der Waals surface area contributed by atoms with Gasteiger partial charge in [-0.25, -0.2) is 4.79 Å². The molecule has 0 fully saturated rings. The van der Waals surface area contributed by atoms with Gasteiger partial charge in [0.25, 0.3) is 5.91 Å². The first-order chi connectivity index (χ1) is 11.5. The molecule has 2 aromatic rings. The fourth-order valence-corrected chi connectivity index (χ4v) is 2.38. The Labute approximate surface area is 142 Å². The molecule has 0 aliphatic rings. The number of hydrogen-bond acceptors (Lipinski definition) is 3. The third-order valence-electron chi connectivity index (χ3n) is 3.92. The van der Waals surface area contributed by atoms with Crippen molar-refractivity contribution >= 4 is 11.9 Å². The Hall–Kier alpha value is -2.62. The monoisotopic (exact) mass is 325 g/mol. The molecule has 2 aromatic carbocycles. The lowest BCUT2D eigenvalue weighted by Gasteiger charge is -2.13. The highest BCUT2D eigenvalue weighted by Gasteiger charge is 2.13. The predicted molar refractivity (Wildman–Crippen MR) is 94.1 cm³/mol. The summed E-state index contributed by atoms with van der Waals surface area (Å²) in [6.07, 6.45) is 0.